The number of H-pyrrole nitrogens is 1. The summed E-state index contributed by atoms with van der Waals surface area (Å²) in [6, 6.07) is 14.2. The van der Waals surface area contributed by atoms with Crippen molar-refractivity contribution in [2.75, 3.05) is 6.54 Å². The minimum absolute atomic E-state index is 0.150. The molecular formula is C21H22ClN3O3. The number of fused-ring (bicyclic) bond motifs is 1. The van der Waals surface area contributed by atoms with Gasteiger partial charge in [-0.2, -0.15) is 0 Å². The van der Waals surface area contributed by atoms with E-state index in [1.807, 2.05) is 44.2 Å². The third kappa shape index (κ3) is 4.51. The van der Waals surface area contributed by atoms with Gasteiger partial charge in [0.1, 0.15) is 11.6 Å². The predicted molar refractivity (Wildman–Crippen MR) is 110 cm³/mol. The number of nitrogens with zero attached hydrogens (tertiary/aromatic N) is 2. The van der Waals surface area contributed by atoms with Crippen LogP contribution in [0.3, 0.4) is 0 Å². The highest BCUT2D eigenvalue weighted by atomic mass is 35.5. The minimum Gasteiger partial charge on any atom is -0.481 e. The summed E-state index contributed by atoms with van der Waals surface area (Å²) >= 11 is 6.01. The predicted octanol–water partition coefficient (Wildman–Crippen LogP) is 3.78. The van der Waals surface area contributed by atoms with Crippen molar-refractivity contribution in [3.63, 3.8) is 0 Å². The third-order valence-corrected chi connectivity index (χ3v) is 4.65. The molecule has 0 radical (unpaired) electrons. The van der Waals surface area contributed by atoms with Crippen LogP contribution in [-0.2, 0) is 11.3 Å². The summed E-state index contributed by atoms with van der Waals surface area (Å²) in [7, 11) is 0. The maximum Gasteiger partial charge on any atom is 0.264 e. The van der Waals surface area contributed by atoms with Crippen molar-refractivity contribution in [3.05, 3.63) is 69.7 Å². The van der Waals surface area contributed by atoms with Gasteiger partial charge in [0.2, 0.25) is 0 Å². The Kier molecular flexibility index (Phi) is 6.31. The molecule has 2 aromatic carbocycles. The Bertz CT molecular complexity index is 1020. The third-order valence-electron chi connectivity index (χ3n) is 4.42. The fraction of sp³-hybridized carbons (Fsp3) is 0.286. The number of hydrogen-bond acceptors (Lipinski definition) is 4. The number of nitrogens with one attached hydrogen (secondary N) is 1. The number of carbonyl (C=O) groups is 1. The molecule has 1 amide bonds. The van der Waals surface area contributed by atoms with Crippen LogP contribution in [0.4, 0.5) is 0 Å². The summed E-state index contributed by atoms with van der Waals surface area (Å²) < 4.78 is 5.85. The van der Waals surface area contributed by atoms with Crippen LogP contribution in [0.1, 0.15) is 26.1 Å². The number of aromatic amines is 1. The Morgan fingerprint density at radius 1 is 1.21 bits per heavy atom. The van der Waals surface area contributed by atoms with E-state index in [2.05, 4.69) is 9.97 Å². The van der Waals surface area contributed by atoms with Crippen molar-refractivity contribution in [2.45, 2.75) is 32.9 Å². The second kappa shape index (κ2) is 8.89. The summed E-state index contributed by atoms with van der Waals surface area (Å²) in [6.45, 7) is 4.42. The molecule has 3 aromatic rings. The van der Waals surface area contributed by atoms with E-state index in [4.69, 9.17) is 16.3 Å². The molecule has 1 aromatic heterocycles. The smallest absolute Gasteiger partial charge is 0.264 e. The van der Waals surface area contributed by atoms with Gasteiger partial charge in [-0.1, -0.05) is 36.7 Å². The quantitative estimate of drug-likeness (QED) is 0.656. The number of amides is 1. The summed E-state index contributed by atoms with van der Waals surface area (Å²) in [5.74, 6) is 0.901. The monoisotopic (exact) mass is 399 g/mol. The molecule has 7 heteroatoms. The lowest BCUT2D eigenvalue weighted by Gasteiger charge is -2.26. The van der Waals surface area contributed by atoms with E-state index >= 15 is 0 Å². The minimum atomic E-state index is -0.607. The number of likely N-dealkylation sites (N-methyl/N-ethyl adjacent to an activating group) is 1. The molecule has 0 unspecified atom stereocenters. The number of para-hydroxylation sites is 1. The molecule has 28 heavy (non-hydrogen) atoms. The number of hydrogen-bond donors (Lipinski definition) is 1. The largest absolute Gasteiger partial charge is 0.481 e. The van der Waals surface area contributed by atoms with Crippen molar-refractivity contribution in [2.24, 2.45) is 0 Å². The first-order valence-electron chi connectivity index (χ1n) is 9.20. The zero-order chi connectivity index (χ0) is 20.1. The van der Waals surface area contributed by atoms with E-state index in [1.54, 1.807) is 23.1 Å². The summed E-state index contributed by atoms with van der Waals surface area (Å²) in [4.78, 5) is 34.1. The summed E-state index contributed by atoms with van der Waals surface area (Å²) in [5.41, 5.74) is 0.245. The van der Waals surface area contributed by atoms with E-state index in [1.165, 1.54) is 0 Å². The molecule has 0 aliphatic heterocycles. The van der Waals surface area contributed by atoms with Gasteiger partial charge in [-0.25, -0.2) is 4.98 Å². The highest BCUT2D eigenvalue weighted by Crippen LogP contribution is 2.17. The fourth-order valence-corrected chi connectivity index (χ4v) is 3.10. The van der Waals surface area contributed by atoms with Crippen molar-refractivity contribution in [1.29, 1.82) is 0 Å². The standard InChI is InChI=1S/C21H22ClN3O3/c1-3-18(28-15-8-6-5-7-9-15)21(27)25(4-2)13-19-23-17-12-14(22)10-11-16(17)20(26)24-19/h5-12,18H,3-4,13H2,1-2H3,(H,23,24,26)/t18-/m0/s1. The lowest BCUT2D eigenvalue weighted by molar-refractivity contribution is -0.139. The molecule has 1 heterocycles. The molecule has 1 atom stereocenters. The van der Waals surface area contributed by atoms with Crippen molar-refractivity contribution < 1.29 is 9.53 Å². The topological polar surface area (TPSA) is 75.3 Å². The molecule has 3 rings (SSSR count). The fourth-order valence-electron chi connectivity index (χ4n) is 2.94. The number of rotatable bonds is 7. The number of halogens is 1. The lowest BCUT2D eigenvalue weighted by Crippen LogP contribution is -2.41. The Morgan fingerprint density at radius 2 is 1.96 bits per heavy atom. The molecule has 0 aliphatic rings. The van der Waals surface area contributed by atoms with Gasteiger partial charge in [0.05, 0.1) is 17.4 Å². The van der Waals surface area contributed by atoms with Crippen LogP contribution in [-0.4, -0.2) is 33.4 Å². The van der Waals surface area contributed by atoms with Crippen LogP contribution >= 0.6 is 11.6 Å². The lowest BCUT2D eigenvalue weighted by atomic mass is 10.2. The van der Waals surface area contributed by atoms with Crippen LogP contribution in [0, 0.1) is 0 Å². The van der Waals surface area contributed by atoms with Crippen molar-refractivity contribution in [1.82, 2.24) is 14.9 Å². The first kappa shape index (κ1) is 19.9. The average Bonchev–Trinajstić information content (AvgIpc) is 2.70. The Balaban J connectivity index is 1.81. The number of carbonyl (C=O) groups excluding carboxylic acids is 1. The van der Waals surface area contributed by atoms with E-state index in [9.17, 15) is 9.59 Å². The first-order chi connectivity index (χ1) is 13.5. The average molecular weight is 400 g/mol. The Morgan fingerprint density at radius 3 is 2.64 bits per heavy atom. The first-order valence-corrected chi connectivity index (χ1v) is 9.58. The molecule has 0 spiro atoms. The van der Waals surface area contributed by atoms with E-state index in [0.29, 0.717) is 40.5 Å². The number of ether oxygens (including phenoxy) is 1. The SMILES string of the molecule is CC[C@H](Oc1ccccc1)C(=O)N(CC)Cc1nc2cc(Cl)ccc2c(=O)[nH]1. The summed E-state index contributed by atoms with van der Waals surface area (Å²) in [6.07, 6.45) is -0.0782. The molecule has 146 valence electrons. The second-order valence-electron chi connectivity index (χ2n) is 6.35. The maximum absolute atomic E-state index is 13.0. The summed E-state index contributed by atoms with van der Waals surface area (Å²) in [5, 5.41) is 0.962. The molecular weight excluding hydrogens is 378 g/mol. The Labute approximate surface area is 168 Å². The van der Waals surface area contributed by atoms with Crippen LogP contribution in [0.5, 0.6) is 5.75 Å². The molecule has 1 N–H and O–H groups in total. The number of aromatic nitrogens is 2. The van der Waals surface area contributed by atoms with Gasteiger partial charge in [0, 0.05) is 11.6 Å². The van der Waals surface area contributed by atoms with Crippen LogP contribution < -0.4 is 10.3 Å². The van der Waals surface area contributed by atoms with E-state index in [-0.39, 0.29) is 18.0 Å². The van der Waals surface area contributed by atoms with Gasteiger partial charge in [0.25, 0.3) is 11.5 Å². The second-order valence-corrected chi connectivity index (χ2v) is 6.79. The molecule has 0 bridgehead atoms. The van der Waals surface area contributed by atoms with Gasteiger partial charge in [-0.15, -0.1) is 0 Å². The zero-order valence-electron chi connectivity index (χ0n) is 15.8. The Hall–Kier alpha value is -2.86. The highest BCUT2D eigenvalue weighted by molar-refractivity contribution is 6.31. The van der Waals surface area contributed by atoms with Gasteiger partial charge in [0.15, 0.2) is 6.10 Å². The van der Waals surface area contributed by atoms with Crippen molar-refractivity contribution in [3.8, 4) is 5.75 Å². The van der Waals surface area contributed by atoms with Gasteiger partial charge < -0.3 is 14.6 Å². The molecule has 0 saturated heterocycles. The molecule has 0 fully saturated rings. The zero-order valence-corrected chi connectivity index (χ0v) is 16.6. The maximum atomic E-state index is 13.0. The van der Waals surface area contributed by atoms with Crippen LogP contribution in [0.25, 0.3) is 10.9 Å². The molecule has 0 saturated carbocycles. The van der Waals surface area contributed by atoms with Gasteiger partial charge in [-0.3, -0.25) is 9.59 Å². The normalized spacial score (nSPS) is 12.0. The van der Waals surface area contributed by atoms with Gasteiger partial charge >= 0.3 is 0 Å². The van der Waals surface area contributed by atoms with Gasteiger partial charge in [-0.05, 0) is 43.7 Å². The van der Waals surface area contributed by atoms with Crippen LogP contribution in [0.2, 0.25) is 5.02 Å². The molecule has 0 aliphatic carbocycles. The van der Waals surface area contributed by atoms with Crippen molar-refractivity contribution >= 4 is 28.4 Å². The van der Waals surface area contributed by atoms with Crippen LogP contribution in [0.15, 0.2) is 53.3 Å². The van der Waals surface area contributed by atoms with E-state index < -0.39 is 6.10 Å². The number of benzene rings is 2. The highest BCUT2D eigenvalue weighted by Gasteiger charge is 2.24. The molecule has 6 nitrogen and oxygen atoms in total. The van der Waals surface area contributed by atoms with E-state index in [0.717, 1.165) is 0 Å².